The van der Waals surface area contributed by atoms with E-state index in [0.29, 0.717) is 11.4 Å². The van der Waals surface area contributed by atoms with Crippen molar-refractivity contribution in [3.05, 3.63) is 33.3 Å². The number of hydrogen-bond donors (Lipinski definition) is 1. The Labute approximate surface area is 115 Å². The van der Waals surface area contributed by atoms with Crippen LogP contribution < -0.4 is 5.32 Å². The van der Waals surface area contributed by atoms with Gasteiger partial charge in [-0.25, -0.2) is 0 Å². The van der Waals surface area contributed by atoms with Gasteiger partial charge in [-0.05, 0) is 37.1 Å². The third-order valence-electron chi connectivity index (χ3n) is 3.08. The molecule has 2 rings (SSSR count). The Balaban J connectivity index is 2.02. The van der Waals surface area contributed by atoms with E-state index in [0.717, 1.165) is 29.4 Å². The summed E-state index contributed by atoms with van der Waals surface area (Å²) in [5.41, 5.74) is 0.909. The molecule has 0 aliphatic carbocycles. The molecule has 1 N–H and O–H groups in total. The highest BCUT2D eigenvalue weighted by Crippen LogP contribution is 2.22. The van der Waals surface area contributed by atoms with Crippen molar-refractivity contribution in [2.75, 3.05) is 6.54 Å². The van der Waals surface area contributed by atoms with Crippen molar-refractivity contribution in [3.63, 3.8) is 0 Å². The predicted molar refractivity (Wildman–Crippen MR) is 73.5 cm³/mol. The fraction of sp³-hybridized carbons (Fsp3) is 0.462. The zero-order valence-electron chi connectivity index (χ0n) is 9.51. The number of ketones is 1. The highest BCUT2D eigenvalue weighted by Gasteiger charge is 2.21. The maximum Gasteiger partial charge on any atom is 0.154 e. The van der Waals surface area contributed by atoms with Gasteiger partial charge in [0.15, 0.2) is 5.78 Å². The number of piperidine rings is 1. The molecule has 0 radical (unpaired) electrons. The van der Waals surface area contributed by atoms with Gasteiger partial charge in [-0.15, -0.1) is 0 Å². The molecule has 1 saturated heterocycles. The van der Waals surface area contributed by atoms with Gasteiger partial charge in [0, 0.05) is 15.9 Å². The first-order chi connectivity index (χ1) is 8.16. The minimum absolute atomic E-state index is 0.0171. The molecule has 1 unspecified atom stereocenters. The molecule has 0 saturated carbocycles. The monoisotopic (exact) mass is 315 g/mol. The summed E-state index contributed by atoms with van der Waals surface area (Å²) in [5, 5.41) is 3.92. The molecule has 1 aromatic carbocycles. The van der Waals surface area contributed by atoms with Crippen molar-refractivity contribution >= 4 is 33.3 Å². The third-order valence-corrected chi connectivity index (χ3v) is 3.92. The summed E-state index contributed by atoms with van der Waals surface area (Å²) >= 11 is 9.47. The van der Waals surface area contributed by atoms with Crippen LogP contribution in [0.4, 0.5) is 0 Å². The predicted octanol–water partition coefficient (Wildman–Crippen LogP) is 3.36. The lowest BCUT2D eigenvalue weighted by Gasteiger charge is -2.22. The van der Waals surface area contributed by atoms with E-state index < -0.39 is 0 Å². The third kappa shape index (κ3) is 3.54. The highest BCUT2D eigenvalue weighted by molar-refractivity contribution is 9.10. The van der Waals surface area contributed by atoms with Gasteiger partial charge in [0.2, 0.25) is 0 Å². The van der Waals surface area contributed by atoms with Gasteiger partial charge >= 0.3 is 0 Å². The topological polar surface area (TPSA) is 29.1 Å². The molecule has 92 valence electrons. The Bertz CT molecular complexity index is 416. The summed E-state index contributed by atoms with van der Waals surface area (Å²) in [6, 6.07) is 5.68. The van der Waals surface area contributed by atoms with Crippen molar-refractivity contribution in [1.29, 1.82) is 0 Å². The van der Waals surface area contributed by atoms with Crippen LogP contribution in [0.2, 0.25) is 5.02 Å². The van der Waals surface area contributed by atoms with Crippen molar-refractivity contribution < 1.29 is 4.79 Å². The first kappa shape index (κ1) is 13.1. The number of hydrogen-bond acceptors (Lipinski definition) is 2. The SMILES string of the molecule is O=C(Cc1ccc(Br)cc1Cl)C1CCCCN1. The first-order valence-electron chi connectivity index (χ1n) is 5.87. The Morgan fingerprint density at radius 3 is 2.94 bits per heavy atom. The molecule has 1 aliphatic rings. The molecule has 4 heteroatoms. The lowest BCUT2D eigenvalue weighted by atomic mass is 9.97. The standard InChI is InChI=1S/C13H15BrClNO/c14-10-5-4-9(11(15)8-10)7-13(17)12-3-1-2-6-16-12/h4-5,8,12,16H,1-3,6-7H2. The summed E-state index contributed by atoms with van der Waals surface area (Å²) in [6.07, 6.45) is 3.68. The minimum Gasteiger partial charge on any atom is -0.307 e. The van der Waals surface area contributed by atoms with E-state index in [1.165, 1.54) is 6.42 Å². The van der Waals surface area contributed by atoms with E-state index in [2.05, 4.69) is 21.2 Å². The molecular formula is C13H15BrClNO. The first-order valence-corrected chi connectivity index (χ1v) is 7.04. The van der Waals surface area contributed by atoms with Gasteiger partial charge < -0.3 is 5.32 Å². The van der Waals surface area contributed by atoms with Gasteiger partial charge in [-0.1, -0.05) is 40.0 Å². The summed E-state index contributed by atoms with van der Waals surface area (Å²) < 4.78 is 0.939. The molecule has 1 aromatic rings. The van der Waals surface area contributed by atoms with Crippen LogP contribution in [-0.4, -0.2) is 18.4 Å². The highest BCUT2D eigenvalue weighted by atomic mass is 79.9. The quantitative estimate of drug-likeness (QED) is 0.926. The average molecular weight is 317 g/mol. The average Bonchev–Trinajstić information content (AvgIpc) is 2.34. The van der Waals surface area contributed by atoms with E-state index in [4.69, 9.17) is 11.6 Å². The second-order valence-electron chi connectivity index (χ2n) is 4.38. The molecule has 2 nitrogen and oxygen atoms in total. The molecule has 0 spiro atoms. The van der Waals surface area contributed by atoms with Crippen LogP contribution in [-0.2, 0) is 11.2 Å². The van der Waals surface area contributed by atoms with E-state index in [9.17, 15) is 4.79 Å². The van der Waals surface area contributed by atoms with E-state index in [1.807, 2.05) is 18.2 Å². The second kappa shape index (κ2) is 5.98. The van der Waals surface area contributed by atoms with Crippen molar-refractivity contribution in [2.45, 2.75) is 31.7 Å². The molecule has 0 bridgehead atoms. The summed E-state index contributed by atoms with van der Waals surface area (Å²) in [4.78, 5) is 12.1. The maximum atomic E-state index is 12.1. The van der Waals surface area contributed by atoms with Gasteiger partial charge in [0.1, 0.15) is 0 Å². The zero-order chi connectivity index (χ0) is 12.3. The second-order valence-corrected chi connectivity index (χ2v) is 5.70. The van der Waals surface area contributed by atoms with E-state index >= 15 is 0 Å². The van der Waals surface area contributed by atoms with Crippen LogP contribution in [0, 0.1) is 0 Å². The molecule has 1 fully saturated rings. The van der Waals surface area contributed by atoms with Gasteiger partial charge in [0.05, 0.1) is 6.04 Å². The Morgan fingerprint density at radius 1 is 1.47 bits per heavy atom. The Kier molecular flexibility index (Phi) is 4.60. The molecule has 0 amide bonds. The minimum atomic E-state index is 0.0171. The number of halogens is 2. The smallest absolute Gasteiger partial charge is 0.154 e. The molecule has 0 aromatic heterocycles. The van der Waals surface area contributed by atoms with Crippen molar-refractivity contribution in [1.82, 2.24) is 5.32 Å². The van der Waals surface area contributed by atoms with Crippen LogP contribution in [0.25, 0.3) is 0 Å². The number of carbonyl (C=O) groups excluding carboxylic acids is 1. The zero-order valence-corrected chi connectivity index (χ0v) is 11.9. The van der Waals surface area contributed by atoms with Gasteiger partial charge in [-0.2, -0.15) is 0 Å². The Hall–Kier alpha value is -0.380. The lowest BCUT2D eigenvalue weighted by molar-refractivity contribution is -0.120. The number of benzene rings is 1. The maximum absolute atomic E-state index is 12.1. The number of carbonyl (C=O) groups is 1. The van der Waals surface area contributed by atoms with Crippen LogP contribution in [0.3, 0.4) is 0 Å². The van der Waals surface area contributed by atoms with Gasteiger partial charge in [-0.3, -0.25) is 4.79 Å². The number of rotatable bonds is 3. The van der Waals surface area contributed by atoms with Crippen molar-refractivity contribution in [2.24, 2.45) is 0 Å². The van der Waals surface area contributed by atoms with Crippen LogP contribution in [0.5, 0.6) is 0 Å². The van der Waals surface area contributed by atoms with Crippen LogP contribution >= 0.6 is 27.5 Å². The summed E-state index contributed by atoms with van der Waals surface area (Å²) in [5.74, 6) is 0.244. The summed E-state index contributed by atoms with van der Waals surface area (Å²) in [7, 11) is 0. The molecule has 1 aliphatic heterocycles. The fourth-order valence-corrected chi connectivity index (χ4v) is 2.84. The molecular weight excluding hydrogens is 302 g/mol. The molecule has 1 heterocycles. The lowest BCUT2D eigenvalue weighted by Crippen LogP contribution is -2.41. The van der Waals surface area contributed by atoms with Crippen molar-refractivity contribution in [3.8, 4) is 0 Å². The number of nitrogens with one attached hydrogen (secondary N) is 1. The normalized spacial score (nSPS) is 20.2. The fourth-order valence-electron chi connectivity index (χ4n) is 2.10. The van der Waals surface area contributed by atoms with Gasteiger partial charge in [0.25, 0.3) is 0 Å². The van der Waals surface area contributed by atoms with Crippen LogP contribution in [0.15, 0.2) is 22.7 Å². The van der Waals surface area contributed by atoms with E-state index in [-0.39, 0.29) is 11.8 Å². The van der Waals surface area contributed by atoms with Crippen LogP contribution in [0.1, 0.15) is 24.8 Å². The number of Topliss-reactive ketones (excluding diaryl/α,β-unsaturated/α-hetero) is 1. The molecule has 1 atom stereocenters. The Morgan fingerprint density at radius 2 is 2.29 bits per heavy atom. The summed E-state index contributed by atoms with van der Waals surface area (Å²) in [6.45, 7) is 0.949. The van der Waals surface area contributed by atoms with E-state index in [1.54, 1.807) is 0 Å². The molecule has 17 heavy (non-hydrogen) atoms. The largest absolute Gasteiger partial charge is 0.307 e.